The van der Waals surface area contributed by atoms with Crippen molar-refractivity contribution in [3.63, 3.8) is 0 Å². The maximum atomic E-state index is 6.32. The molecule has 1 aromatic heterocycles. The Labute approximate surface area is 176 Å². The van der Waals surface area contributed by atoms with E-state index in [1.54, 1.807) is 12.1 Å². The molecule has 0 amide bonds. The van der Waals surface area contributed by atoms with Crippen LogP contribution in [0, 0.1) is 0 Å². The summed E-state index contributed by atoms with van der Waals surface area (Å²) in [6.07, 6.45) is 0.829. The van der Waals surface area contributed by atoms with Gasteiger partial charge in [-0.1, -0.05) is 47.1 Å². The van der Waals surface area contributed by atoms with Crippen molar-refractivity contribution in [1.82, 2.24) is 10.2 Å². The first-order valence-corrected chi connectivity index (χ1v) is 10.3. The molecule has 9 heteroatoms. The Balaban J connectivity index is 1.36. The average molecular weight is 439 g/mol. The zero-order valence-electron chi connectivity index (χ0n) is 14.7. The quantitative estimate of drug-likeness (QED) is 0.476. The van der Waals surface area contributed by atoms with Crippen molar-refractivity contribution in [2.45, 2.75) is 24.0 Å². The Bertz CT molecular complexity index is 967. The Morgan fingerprint density at radius 3 is 2.79 bits per heavy atom. The number of thioether (sulfide) groups is 1. The van der Waals surface area contributed by atoms with Crippen LogP contribution in [0.15, 0.2) is 46.0 Å². The Hall–Kier alpha value is -2.09. The summed E-state index contributed by atoms with van der Waals surface area (Å²) in [4.78, 5) is 0. The first kappa shape index (κ1) is 19.2. The third-order valence-electron chi connectivity index (χ3n) is 3.86. The molecule has 0 saturated heterocycles. The third kappa shape index (κ3) is 4.66. The second-order valence-corrected chi connectivity index (χ2v) is 7.67. The van der Waals surface area contributed by atoms with Gasteiger partial charge in [-0.3, -0.25) is 0 Å². The highest BCUT2D eigenvalue weighted by atomic mass is 35.5. The van der Waals surface area contributed by atoms with Crippen molar-refractivity contribution in [1.29, 1.82) is 0 Å². The van der Waals surface area contributed by atoms with E-state index in [1.165, 1.54) is 11.8 Å². The molecule has 3 aromatic rings. The van der Waals surface area contributed by atoms with Crippen LogP contribution in [0.2, 0.25) is 10.0 Å². The molecule has 0 spiro atoms. The van der Waals surface area contributed by atoms with Crippen LogP contribution in [0.5, 0.6) is 17.2 Å². The molecule has 1 aliphatic rings. The van der Waals surface area contributed by atoms with Crippen LogP contribution in [0.1, 0.15) is 17.9 Å². The lowest BCUT2D eigenvalue weighted by Crippen LogP contribution is -1.97. The van der Waals surface area contributed by atoms with Crippen LogP contribution in [0.25, 0.3) is 0 Å². The van der Waals surface area contributed by atoms with E-state index in [2.05, 4.69) is 10.2 Å². The zero-order valence-corrected chi connectivity index (χ0v) is 17.0. The van der Waals surface area contributed by atoms with Crippen LogP contribution in [0.4, 0.5) is 0 Å². The van der Waals surface area contributed by atoms with Gasteiger partial charge in [-0.2, -0.15) is 0 Å². The van der Waals surface area contributed by atoms with Gasteiger partial charge in [0.05, 0.1) is 23.3 Å². The Kier molecular flexibility index (Phi) is 6.14. The number of aromatic nitrogens is 2. The predicted molar refractivity (Wildman–Crippen MR) is 107 cm³/mol. The van der Waals surface area contributed by atoms with E-state index in [-0.39, 0.29) is 6.61 Å². The van der Waals surface area contributed by atoms with E-state index in [0.717, 1.165) is 12.0 Å². The molecule has 6 nitrogen and oxygen atoms in total. The van der Waals surface area contributed by atoms with Crippen molar-refractivity contribution >= 4 is 35.0 Å². The smallest absolute Gasteiger partial charge is 0.277 e. The fourth-order valence-corrected chi connectivity index (χ4v) is 3.76. The molecule has 0 radical (unpaired) electrons. The maximum absolute atomic E-state index is 6.32. The van der Waals surface area contributed by atoms with E-state index in [4.69, 9.17) is 41.8 Å². The van der Waals surface area contributed by atoms with Gasteiger partial charge in [-0.25, -0.2) is 0 Å². The van der Waals surface area contributed by atoms with Gasteiger partial charge >= 0.3 is 0 Å². The minimum atomic E-state index is 0.146. The summed E-state index contributed by atoms with van der Waals surface area (Å²) in [5.74, 6) is 2.81. The number of halogens is 2. The molecule has 2 aromatic carbocycles. The standard InChI is InChI=1S/C19H16Cl2N2O4S/c20-13-4-1-2-5-15(13)26-10-17-22-23-19(27-17)28-11-12-8-14(21)18-16(9-12)24-6-3-7-25-18/h1-2,4-5,8-9H,3,6-7,10-11H2. The van der Waals surface area contributed by atoms with E-state index in [9.17, 15) is 0 Å². The predicted octanol–water partition coefficient (Wildman–Crippen LogP) is 5.41. The first-order valence-electron chi connectivity index (χ1n) is 8.59. The SMILES string of the molecule is Clc1ccccc1OCc1nnc(SCc2cc(Cl)c3c(c2)OCCCO3)o1. The van der Waals surface area contributed by atoms with E-state index >= 15 is 0 Å². The molecule has 1 aliphatic heterocycles. The minimum Gasteiger partial charge on any atom is -0.489 e. The molecular formula is C19H16Cl2N2O4S. The third-order valence-corrected chi connectivity index (χ3v) is 5.34. The molecule has 28 heavy (non-hydrogen) atoms. The van der Waals surface area contributed by atoms with Crippen LogP contribution in [0.3, 0.4) is 0 Å². The lowest BCUT2D eigenvalue weighted by atomic mass is 10.2. The second-order valence-electron chi connectivity index (χ2n) is 5.92. The molecule has 0 fully saturated rings. The normalized spacial score (nSPS) is 13.2. The summed E-state index contributed by atoms with van der Waals surface area (Å²) < 4.78 is 22.6. The highest BCUT2D eigenvalue weighted by molar-refractivity contribution is 7.98. The minimum absolute atomic E-state index is 0.146. The molecule has 2 heterocycles. The topological polar surface area (TPSA) is 66.6 Å². The number of para-hydroxylation sites is 1. The van der Waals surface area contributed by atoms with Crippen LogP contribution >= 0.6 is 35.0 Å². The Morgan fingerprint density at radius 2 is 1.89 bits per heavy atom. The second kappa shape index (κ2) is 8.94. The summed E-state index contributed by atoms with van der Waals surface area (Å²) in [5.41, 5.74) is 0.978. The molecule has 0 N–H and O–H groups in total. The highest BCUT2D eigenvalue weighted by Gasteiger charge is 2.16. The van der Waals surface area contributed by atoms with Crippen molar-refractivity contribution in [2.24, 2.45) is 0 Å². The van der Waals surface area contributed by atoms with Gasteiger partial charge in [0.15, 0.2) is 18.1 Å². The molecule has 0 atom stereocenters. The van der Waals surface area contributed by atoms with Crippen LogP contribution in [-0.2, 0) is 12.4 Å². The van der Waals surface area contributed by atoms with E-state index in [1.807, 2.05) is 24.3 Å². The zero-order chi connectivity index (χ0) is 19.3. The molecule has 0 aliphatic carbocycles. The van der Waals surface area contributed by atoms with Gasteiger partial charge in [0.25, 0.3) is 11.1 Å². The number of hydrogen-bond donors (Lipinski definition) is 0. The number of ether oxygens (including phenoxy) is 3. The van der Waals surface area contributed by atoms with Crippen molar-refractivity contribution < 1.29 is 18.6 Å². The Morgan fingerprint density at radius 1 is 1.04 bits per heavy atom. The fourth-order valence-electron chi connectivity index (χ4n) is 2.57. The van der Waals surface area contributed by atoms with Gasteiger partial charge in [0.2, 0.25) is 0 Å². The van der Waals surface area contributed by atoms with Gasteiger partial charge in [-0.05, 0) is 29.8 Å². The van der Waals surface area contributed by atoms with E-state index < -0.39 is 0 Å². The number of hydrogen-bond acceptors (Lipinski definition) is 7. The number of nitrogens with zero attached hydrogens (tertiary/aromatic N) is 2. The maximum Gasteiger partial charge on any atom is 0.277 e. The summed E-state index contributed by atoms with van der Waals surface area (Å²) in [5, 5.41) is 9.54. The van der Waals surface area contributed by atoms with Crippen molar-refractivity contribution in [3.05, 3.63) is 57.9 Å². The molecule has 0 bridgehead atoms. The van der Waals surface area contributed by atoms with Gasteiger partial charge < -0.3 is 18.6 Å². The monoisotopic (exact) mass is 438 g/mol. The first-order chi connectivity index (χ1) is 13.7. The molecular weight excluding hydrogens is 423 g/mol. The summed E-state index contributed by atoms with van der Waals surface area (Å²) in [7, 11) is 0. The van der Waals surface area contributed by atoms with Gasteiger partial charge in [0.1, 0.15) is 5.75 Å². The lowest BCUT2D eigenvalue weighted by molar-refractivity contribution is 0.252. The summed E-state index contributed by atoms with van der Waals surface area (Å²) >= 11 is 13.8. The number of benzene rings is 2. The van der Waals surface area contributed by atoms with Crippen LogP contribution in [-0.4, -0.2) is 23.4 Å². The average Bonchev–Trinajstić information content (AvgIpc) is 3.01. The molecule has 4 rings (SSSR count). The molecule has 0 saturated carbocycles. The summed E-state index contributed by atoms with van der Waals surface area (Å²) in [6, 6.07) is 11.0. The van der Waals surface area contributed by atoms with Crippen LogP contribution < -0.4 is 14.2 Å². The molecule has 0 unspecified atom stereocenters. The molecule has 146 valence electrons. The number of fused-ring (bicyclic) bond motifs is 1. The highest BCUT2D eigenvalue weighted by Crippen LogP contribution is 2.39. The van der Waals surface area contributed by atoms with Crippen molar-refractivity contribution in [2.75, 3.05) is 13.2 Å². The lowest BCUT2D eigenvalue weighted by Gasteiger charge is -2.11. The van der Waals surface area contributed by atoms with E-state index in [0.29, 0.717) is 57.4 Å². The number of rotatable bonds is 6. The fraction of sp³-hybridized carbons (Fsp3) is 0.263. The van der Waals surface area contributed by atoms with Crippen molar-refractivity contribution in [3.8, 4) is 17.2 Å². The van der Waals surface area contributed by atoms with Gasteiger partial charge in [-0.15, -0.1) is 10.2 Å². The summed E-state index contributed by atoms with van der Waals surface area (Å²) in [6.45, 7) is 1.35. The van der Waals surface area contributed by atoms with Gasteiger partial charge in [0, 0.05) is 12.2 Å². The largest absolute Gasteiger partial charge is 0.489 e.